The summed E-state index contributed by atoms with van der Waals surface area (Å²) in [5.41, 5.74) is 1.84. The molecule has 2 atom stereocenters. The molecule has 1 amide bonds. The van der Waals surface area contributed by atoms with Crippen molar-refractivity contribution in [1.82, 2.24) is 24.6 Å². The molecular weight excluding hydrogens is 445 g/mol. The maximum Gasteiger partial charge on any atom is 0.276 e. The van der Waals surface area contributed by atoms with Gasteiger partial charge in [0.05, 0.1) is 18.1 Å². The summed E-state index contributed by atoms with van der Waals surface area (Å²) in [6.07, 6.45) is 3.79. The molecule has 1 fully saturated rings. The molecule has 1 aromatic carbocycles. The molecule has 4 rings (SSSR count). The Labute approximate surface area is 205 Å². The van der Waals surface area contributed by atoms with Gasteiger partial charge in [-0.1, -0.05) is 32.0 Å². The predicted octanol–water partition coefficient (Wildman–Crippen LogP) is 3.49. The van der Waals surface area contributed by atoms with E-state index in [2.05, 4.69) is 29.2 Å². The van der Waals surface area contributed by atoms with Crippen molar-refractivity contribution in [2.24, 2.45) is 11.8 Å². The molecule has 0 aliphatic carbocycles. The number of benzene rings is 1. The Hall–Kier alpha value is -3.00. The molecule has 35 heavy (non-hydrogen) atoms. The number of carbonyl (C=O) groups excluding carboxylic acids is 1. The van der Waals surface area contributed by atoms with Crippen LogP contribution in [0.15, 0.2) is 35.3 Å². The van der Waals surface area contributed by atoms with Crippen molar-refractivity contribution in [1.29, 1.82) is 0 Å². The fraction of sp³-hybridized carbons (Fsp3) is 0.519. The zero-order valence-corrected chi connectivity index (χ0v) is 21.2. The highest BCUT2D eigenvalue weighted by Gasteiger charge is 2.21. The van der Waals surface area contributed by atoms with Gasteiger partial charge < -0.3 is 14.8 Å². The Bertz CT molecular complexity index is 1250. The van der Waals surface area contributed by atoms with Gasteiger partial charge in [-0.25, -0.2) is 9.07 Å². The lowest BCUT2D eigenvalue weighted by molar-refractivity contribution is -0.121. The van der Waals surface area contributed by atoms with Crippen LogP contribution in [0.2, 0.25) is 0 Å². The Morgan fingerprint density at radius 2 is 1.86 bits per heavy atom. The minimum Gasteiger partial charge on any atom is -0.354 e. The van der Waals surface area contributed by atoms with Gasteiger partial charge in [0, 0.05) is 42.0 Å². The number of rotatable bonds is 8. The van der Waals surface area contributed by atoms with Crippen molar-refractivity contribution in [3.05, 3.63) is 63.6 Å². The van der Waals surface area contributed by atoms with Gasteiger partial charge in [-0.2, -0.15) is 5.10 Å². The molecule has 1 N–H and O–H groups in total. The van der Waals surface area contributed by atoms with Crippen LogP contribution in [0.25, 0.3) is 10.8 Å². The second-order valence-corrected chi connectivity index (χ2v) is 10.2. The highest BCUT2D eigenvalue weighted by molar-refractivity contribution is 5.87. The molecular formula is C27H36FN5O2. The molecule has 3 aromatic rings. The monoisotopic (exact) mass is 481 g/mol. The first-order chi connectivity index (χ1) is 16.7. The van der Waals surface area contributed by atoms with Gasteiger partial charge >= 0.3 is 0 Å². The SMILES string of the molecule is Cc1c2cnn(CC(=O)NCCCN3C[C@H](C)C[C@@H](C)C3)c(=O)c2c(C)n1Cc1ccccc1F. The second-order valence-electron chi connectivity index (χ2n) is 10.2. The smallest absolute Gasteiger partial charge is 0.276 e. The van der Waals surface area contributed by atoms with Gasteiger partial charge in [-0.3, -0.25) is 9.59 Å². The van der Waals surface area contributed by atoms with E-state index >= 15 is 0 Å². The number of fused-ring (bicyclic) bond motifs is 1. The average Bonchev–Trinajstić information content (AvgIpc) is 3.04. The molecule has 2 aromatic heterocycles. The van der Waals surface area contributed by atoms with E-state index in [9.17, 15) is 14.0 Å². The van der Waals surface area contributed by atoms with Gasteiger partial charge in [-0.05, 0) is 51.1 Å². The highest BCUT2D eigenvalue weighted by atomic mass is 19.1. The molecule has 3 heterocycles. The summed E-state index contributed by atoms with van der Waals surface area (Å²) in [6, 6.07) is 6.64. The minimum absolute atomic E-state index is 0.121. The third-order valence-corrected chi connectivity index (χ3v) is 7.10. The van der Waals surface area contributed by atoms with E-state index in [1.165, 1.54) is 17.2 Å². The molecule has 1 aliphatic heterocycles. The summed E-state index contributed by atoms with van der Waals surface area (Å²) in [5, 5.41) is 8.43. The van der Waals surface area contributed by atoms with Gasteiger partial charge in [0.25, 0.3) is 5.56 Å². The summed E-state index contributed by atoms with van der Waals surface area (Å²) >= 11 is 0. The molecule has 8 heteroatoms. The molecule has 1 saturated heterocycles. The van der Waals surface area contributed by atoms with Crippen LogP contribution in [-0.2, 0) is 17.9 Å². The van der Waals surface area contributed by atoms with Crippen LogP contribution < -0.4 is 10.9 Å². The fourth-order valence-electron chi connectivity index (χ4n) is 5.49. The van der Waals surface area contributed by atoms with Crippen LogP contribution in [0, 0.1) is 31.5 Å². The summed E-state index contributed by atoms with van der Waals surface area (Å²) in [5.74, 6) is 0.935. The predicted molar refractivity (Wildman–Crippen MR) is 136 cm³/mol. The highest BCUT2D eigenvalue weighted by Crippen LogP contribution is 2.24. The number of aromatic nitrogens is 3. The number of carbonyl (C=O) groups is 1. The third kappa shape index (κ3) is 5.64. The Morgan fingerprint density at radius 1 is 1.14 bits per heavy atom. The summed E-state index contributed by atoms with van der Waals surface area (Å²) in [7, 11) is 0. The van der Waals surface area contributed by atoms with Gasteiger partial charge in [-0.15, -0.1) is 0 Å². The Morgan fingerprint density at radius 3 is 2.57 bits per heavy atom. The lowest BCUT2D eigenvalue weighted by Gasteiger charge is -2.34. The lowest BCUT2D eigenvalue weighted by atomic mass is 9.92. The summed E-state index contributed by atoms with van der Waals surface area (Å²) < 4.78 is 17.4. The number of amides is 1. The van der Waals surface area contributed by atoms with Crippen molar-refractivity contribution < 1.29 is 9.18 Å². The zero-order valence-electron chi connectivity index (χ0n) is 21.2. The summed E-state index contributed by atoms with van der Waals surface area (Å²) in [6.45, 7) is 12.3. The van der Waals surface area contributed by atoms with Crippen LogP contribution in [0.1, 0.15) is 43.6 Å². The van der Waals surface area contributed by atoms with E-state index in [4.69, 9.17) is 0 Å². The Balaban J connectivity index is 1.40. The number of halogens is 1. The van der Waals surface area contributed by atoms with E-state index < -0.39 is 0 Å². The van der Waals surface area contributed by atoms with Crippen molar-refractivity contribution in [3.8, 4) is 0 Å². The van der Waals surface area contributed by atoms with Crippen LogP contribution in [-0.4, -0.2) is 51.3 Å². The van der Waals surface area contributed by atoms with Gasteiger partial charge in [0.15, 0.2) is 0 Å². The van der Waals surface area contributed by atoms with Gasteiger partial charge in [0.1, 0.15) is 12.4 Å². The number of nitrogens with zero attached hydrogens (tertiary/aromatic N) is 4. The van der Waals surface area contributed by atoms with Crippen LogP contribution >= 0.6 is 0 Å². The first-order valence-electron chi connectivity index (χ1n) is 12.5. The molecule has 188 valence electrons. The number of piperidine rings is 1. The molecule has 1 aliphatic rings. The van der Waals surface area contributed by atoms with Gasteiger partial charge in [0.2, 0.25) is 5.91 Å². The molecule has 0 radical (unpaired) electrons. The summed E-state index contributed by atoms with van der Waals surface area (Å²) in [4.78, 5) is 28.2. The number of aryl methyl sites for hydroxylation is 2. The second kappa shape index (κ2) is 10.7. The molecule has 7 nitrogen and oxygen atoms in total. The van der Waals surface area contributed by atoms with Crippen molar-refractivity contribution >= 4 is 16.7 Å². The largest absolute Gasteiger partial charge is 0.354 e. The van der Waals surface area contributed by atoms with Crippen LogP contribution in [0.4, 0.5) is 4.39 Å². The standard InChI is InChI=1S/C27H36FN5O2/c1-18-12-19(2)15-31(14-18)11-7-10-29-25(34)17-33-27(35)26-21(4)32(20(3)23(26)13-30-33)16-22-8-5-6-9-24(22)28/h5-6,8-9,13,18-19H,7,10-12,14-17H2,1-4H3,(H,29,34)/t18-,19-/m1/s1. The zero-order chi connectivity index (χ0) is 25.1. The maximum atomic E-state index is 14.2. The van der Waals surface area contributed by atoms with E-state index in [-0.39, 0.29) is 23.8 Å². The molecule has 0 bridgehead atoms. The van der Waals surface area contributed by atoms with Crippen molar-refractivity contribution in [3.63, 3.8) is 0 Å². The topological polar surface area (TPSA) is 72.2 Å². The lowest BCUT2D eigenvalue weighted by Crippen LogP contribution is -2.40. The quantitative estimate of drug-likeness (QED) is 0.500. The van der Waals surface area contributed by atoms with E-state index in [0.717, 1.165) is 54.7 Å². The maximum absolute atomic E-state index is 14.2. The van der Waals surface area contributed by atoms with E-state index in [1.807, 2.05) is 18.4 Å². The minimum atomic E-state index is -0.304. The number of hydrogen-bond donors (Lipinski definition) is 1. The van der Waals surface area contributed by atoms with Crippen LogP contribution in [0.3, 0.4) is 0 Å². The third-order valence-electron chi connectivity index (χ3n) is 7.10. The average molecular weight is 482 g/mol. The number of nitrogens with one attached hydrogen (secondary N) is 1. The fourth-order valence-corrected chi connectivity index (χ4v) is 5.49. The molecule has 0 spiro atoms. The number of likely N-dealkylation sites (tertiary alicyclic amines) is 1. The Kier molecular flexibility index (Phi) is 7.69. The van der Waals surface area contributed by atoms with Crippen molar-refractivity contribution in [2.45, 2.75) is 53.6 Å². The first-order valence-corrected chi connectivity index (χ1v) is 12.5. The van der Waals surface area contributed by atoms with E-state index in [1.54, 1.807) is 24.4 Å². The normalized spacial score (nSPS) is 18.8. The van der Waals surface area contributed by atoms with E-state index in [0.29, 0.717) is 24.0 Å². The number of hydrogen-bond acceptors (Lipinski definition) is 4. The molecule has 0 saturated carbocycles. The molecule has 0 unspecified atom stereocenters. The van der Waals surface area contributed by atoms with Crippen molar-refractivity contribution in [2.75, 3.05) is 26.2 Å². The van der Waals surface area contributed by atoms with Crippen LogP contribution in [0.5, 0.6) is 0 Å². The first kappa shape index (κ1) is 25.1.